The molecular weight excluding hydrogens is 264 g/mol. The monoisotopic (exact) mass is 286 g/mol. The summed E-state index contributed by atoms with van der Waals surface area (Å²) in [6.07, 6.45) is 1.91. The van der Waals surface area contributed by atoms with Crippen LogP contribution in [0, 0.1) is 0 Å². The van der Waals surface area contributed by atoms with E-state index in [1.54, 1.807) is 6.20 Å². The van der Waals surface area contributed by atoms with Gasteiger partial charge in [-0.1, -0.05) is 0 Å². The summed E-state index contributed by atoms with van der Waals surface area (Å²) in [7, 11) is 0. The molecule has 112 valence electrons. The second-order valence-electron chi connectivity index (χ2n) is 5.38. The molecule has 5 nitrogen and oxygen atoms in total. The van der Waals surface area contributed by atoms with E-state index >= 15 is 0 Å². The Balaban J connectivity index is 2.04. The van der Waals surface area contributed by atoms with E-state index in [2.05, 4.69) is 34.4 Å². The number of rotatable bonds is 6. The van der Waals surface area contributed by atoms with Crippen LogP contribution in [0.5, 0.6) is 5.75 Å². The summed E-state index contributed by atoms with van der Waals surface area (Å²) >= 11 is 0. The molecule has 2 rings (SSSR count). The Hall–Kier alpha value is -2.30. The maximum atomic E-state index is 5.62. The first-order chi connectivity index (χ1) is 10.0. The first kappa shape index (κ1) is 15.1. The van der Waals surface area contributed by atoms with Crippen molar-refractivity contribution >= 4 is 17.5 Å². The molecule has 21 heavy (non-hydrogen) atoms. The van der Waals surface area contributed by atoms with Crippen LogP contribution in [0.15, 0.2) is 36.5 Å². The van der Waals surface area contributed by atoms with E-state index in [-0.39, 0.29) is 6.10 Å². The van der Waals surface area contributed by atoms with Gasteiger partial charge >= 0.3 is 0 Å². The first-order valence-corrected chi connectivity index (χ1v) is 7.16. The van der Waals surface area contributed by atoms with E-state index in [1.807, 2.05) is 44.2 Å². The van der Waals surface area contributed by atoms with E-state index in [9.17, 15) is 0 Å². The van der Waals surface area contributed by atoms with Crippen molar-refractivity contribution in [3.05, 3.63) is 36.5 Å². The van der Waals surface area contributed by atoms with E-state index in [4.69, 9.17) is 4.74 Å². The zero-order valence-electron chi connectivity index (χ0n) is 12.9. The van der Waals surface area contributed by atoms with Crippen LogP contribution >= 0.6 is 0 Å². The van der Waals surface area contributed by atoms with Crippen molar-refractivity contribution in [1.29, 1.82) is 0 Å². The Morgan fingerprint density at radius 1 is 1.00 bits per heavy atom. The lowest BCUT2D eigenvalue weighted by molar-refractivity contribution is 0.242. The van der Waals surface area contributed by atoms with Crippen LogP contribution in [-0.2, 0) is 0 Å². The van der Waals surface area contributed by atoms with Gasteiger partial charge in [-0.15, -0.1) is 0 Å². The van der Waals surface area contributed by atoms with Gasteiger partial charge in [0, 0.05) is 17.9 Å². The van der Waals surface area contributed by atoms with Crippen LogP contribution in [0.3, 0.4) is 0 Å². The Labute approximate surface area is 125 Å². The second-order valence-corrected chi connectivity index (χ2v) is 5.38. The number of hydrogen-bond acceptors (Lipinski definition) is 5. The van der Waals surface area contributed by atoms with Crippen LogP contribution < -0.4 is 15.4 Å². The maximum absolute atomic E-state index is 5.62. The molecule has 0 saturated heterocycles. The van der Waals surface area contributed by atoms with E-state index in [0.717, 1.165) is 17.3 Å². The summed E-state index contributed by atoms with van der Waals surface area (Å²) in [5, 5.41) is 6.43. The number of nitrogens with one attached hydrogen (secondary N) is 2. The molecule has 0 saturated carbocycles. The average Bonchev–Trinajstić information content (AvgIpc) is 2.40. The van der Waals surface area contributed by atoms with Gasteiger partial charge in [-0.25, -0.2) is 4.98 Å². The zero-order chi connectivity index (χ0) is 15.2. The Morgan fingerprint density at radius 3 is 2.33 bits per heavy atom. The molecule has 1 aromatic carbocycles. The van der Waals surface area contributed by atoms with Gasteiger partial charge in [0.2, 0.25) is 5.95 Å². The highest BCUT2D eigenvalue weighted by Crippen LogP contribution is 2.20. The quantitative estimate of drug-likeness (QED) is 0.845. The van der Waals surface area contributed by atoms with Gasteiger partial charge in [-0.2, -0.15) is 4.98 Å². The number of hydrogen-bond donors (Lipinski definition) is 2. The predicted octanol–water partition coefficient (Wildman–Crippen LogP) is 3.83. The summed E-state index contributed by atoms with van der Waals surface area (Å²) in [4.78, 5) is 8.60. The van der Waals surface area contributed by atoms with Crippen LogP contribution in [0.25, 0.3) is 0 Å². The fourth-order valence-corrected chi connectivity index (χ4v) is 1.79. The molecule has 0 bridgehead atoms. The number of nitrogens with zero attached hydrogens (tertiary/aromatic N) is 2. The molecule has 0 amide bonds. The van der Waals surface area contributed by atoms with Crippen LogP contribution in [0.4, 0.5) is 17.5 Å². The van der Waals surface area contributed by atoms with Crippen LogP contribution in [-0.4, -0.2) is 22.1 Å². The Bertz CT molecular complexity index is 567. The molecule has 0 aliphatic rings. The molecule has 0 radical (unpaired) electrons. The number of anilines is 3. The summed E-state index contributed by atoms with van der Waals surface area (Å²) in [6, 6.07) is 9.95. The summed E-state index contributed by atoms with van der Waals surface area (Å²) in [5.74, 6) is 2.24. The van der Waals surface area contributed by atoms with Crippen LogP contribution in [0.2, 0.25) is 0 Å². The number of aromatic nitrogens is 2. The molecule has 1 aromatic heterocycles. The average molecular weight is 286 g/mol. The van der Waals surface area contributed by atoms with Crippen molar-refractivity contribution in [2.45, 2.75) is 39.8 Å². The lowest BCUT2D eigenvalue weighted by atomic mass is 10.3. The fraction of sp³-hybridized carbons (Fsp3) is 0.375. The third-order valence-electron chi connectivity index (χ3n) is 2.57. The first-order valence-electron chi connectivity index (χ1n) is 7.16. The minimum Gasteiger partial charge on any atom is -0.491 e. The van der Waals surface area contributed by atoms with Crippen molar-refractivity contribution < 1.29 is 4.74 Å². The van der Waals surface area contributed by atoms with Crippen molar-refractivity contribution in [3.8, 4) is 5.75 Å². The van der Waals surface area contributed by atoms with E-state index < -0.39 is 0 Å². The van der Waals surface area contributed by atoms with Gasteiger partial charge in [-0.3, -0.25) is 0 Å². The normalized spacial score (nSPS) is 10.8. The van der Waals surface area contributed by atoms with E-state index in [0.29, 0.717) is 12.0 Å². The van der Waals surface area contributed by atoms with Crippen LogP contribution in [0.1, 0.15) is 27.7 Å². The molecule has 1 heterocycles. The predicted molar refractivity (Wildman–Crippen MR) is 86.3 cm³/mol. The summed E-state index contributed by atoms with van der Waals surface area (Å²) in [6.45, 7) is 8.13. The third kappa shape index (κ3) is 4.95. The van der Waals surface area contributed by atoms with E-state index in [1.165, 1.54) is 0 Å². The van der Waals surface area contributed by atoms with Gasteiger partial charge in [0.25, 0.3) is 0 Å². The van der Waals surface area contributed by atoms with Crippen molar-refractivity contribution in [2.75, 3.05) is 10.6 Å². The topological polar surface area (TPSA) is 59.1 Å². The molecule has 0 atom stereocenters. The van der Waals surface area contributed by atoms with Gasteiger partial charge in [0.05, 0.1) is 6.10 Å². The highest BCUT2D eigenvalue weighted by Gasteiger charge is 2.02. The molecule has 0 fully saturated rings. The Kier molecular flexibility index (Phi) is 4.98. The molecule has 2 N–H and O–H groups in total. The fourth-order valence-electron chi connectivity index (χ4n) is 1.79. The molecule has 5 heteroatoms. The van der Waals surface area contributed by atoms with Gasteiger partial charge in [0.1, 0.15) is 11.6 Å². The zero-order valence-corrected chi connectivity index (χ0v) is 12.9. The standard InChI is InChI=1S/C16H22N4O/c1-11(2)18-16-17-10-9-15(20-16)19-13-5-7-14(8-6-13)21-12(3)4/h5-12H,1-4H3,(H2,17,18,19,20). The summed E-state index contributed by atoms with van der Waals surface area (Å²) in [5.41, 5.74) is 0.959. The summed E-state index contributed by atoms with van der Waals surface area (Å²) < 4.78 is 5.62. The highest BCUT2D eigenvalue weighted by molar-refractivity contribution is 5.57. The largest absolute Gasteiger partial charge is 0.491 e. The molecule has 2 aromatic rings. The molecule has 0 unspecified atom stereocenters. The minimum atomic E-state index is 0.176. The van der Waals surface area contributed by atoms with Crippen molar-refractivity contribution in [2.24, 2.45) is 0 Å². The molecule has 0 spiro atoms. The number of benzene rings is 1. The smallest absolute Gasteiger partial charge is 0.224 e. The van der Waals surface area contributed by atoms with Gasteiger partial charge in [0.15, 0.2) is 0 Å². The van der Waals surface area contributed by atoms with Gasteiger partial charge in [-0.05, 0) is 58.0 Å². The SMILES string of the molecule is CC(C)Nc1nccc(Nc2ccc(OC(C)C)cc2)n1. The van der Waals surface area contributed by atoms with Gasteiger partial charge < -0.3 is 15.4 Å². The minimum absolute atomic E-state index is 0.176. The van der Waals surface area contributed by atoms with Crippen molar-refractivity contribution in [1.82, 2.24) is 9.97 Å². The Morgan fingerprint density at radius 2 is 1.71 bits per heavy atom. The highest BCUT2D eigenvalue weighted by atomic mass is 16.5. The maximum Gasteiger partial charge on any atom is 0.224 e. The molecule has 0 aliphatic heterocycles. The molecule has 0 aliphatic carbocycles. The lowest BCUT2D eigenvalue weighted by Crippen LogP contribution is -2.12. The number of ether oxygens (including phenoxy) is 1. The lowest BCUT2D eigenvalue weighted by Gasteiger charge is -2.12. The van der Waals surface area contributed by atoms with Crippen molar-refractivity contribution in [3.63, 3.8) is 0 Å². The second kappa shape index (κ2) is 6.92. The third-order valence-corrected chi connectivity index (χ3v) is 2.57. The molecular formula is C16H22N4O.